The van der Waals surface area contributed by atoms with Crippen LogP contribution in [0.1, 0.15) is 35.1 Å². The minimum Gasteiger partial charge on any atom is -0.477 e. The topological polar surface area (TPSA) is 55.1 Å². The summed E-state index contributed by atoms with van der Waals surface area (Å²) in [5, 5.41) is 11.3. The molecule has 4 nitrogen and oxygen atoms in total. The highest BCUT2D eigenvalue weighted by Crippen LogP contribution is 2.27. The van der Waals surface area contributed by atoms with Crippen LogP contribution in [0.25, 0.3) is 0 Å². The van der Waals surface area contributed by atoms with Gasteiger partial charge < -0.3 is 9.67 Å². The van der Waals surface area contributed by atoms with Crippen LogP contribution in [0.2, 0.25) is 10.0 Å². The van der Waals surface area contributed by atoms with E-state index in [1.54, 1.807) is 41.5 Å². The van der Waals surface area contributed by atoms with E-state index in [1.807, 2.05) is 0 Å². The zero-order valence-corrected chi connectivity index (χ0v) is 14.6. The first-order valence-electron chi connectivity index (χ1n) is 6.81. The fourth-order valence-corrected chi connectivity index (χ4v) is 3.37. The van der Waals surface area contributed by atoms with Gasteiger partial charge in [0.15, 0.2) is 10.9 Å². The fraction of sp³-hybridized carbons (Fsp3) is 0.333. The average Bonchev–Trinajstić information content (AvgIpc) is 2.76. The quantitative estimate of drug-likeness (QED) is 0.757. The average molecular weight is 359 g/mol. The molecule has 1 N–H and O–H groups in total. The third-order valence-corrected chi connectivity index (χ3v) is 4.87. The molecule has 0 aliphatic rings. The molecular weight excluding hydrogens is 343 g/mol. The van der Waals surface area contributed by atoms with Crippen molar-refractivity contribution in [3.8, 4) is 0 Å². The number of halogens is 2. The van der Waals surface area contributed by atoms with Gasteiger partial charge in [-0.25, -0.2) is 9.78 Å². The van der Waals surface area contributed by atoms with Crippen molar-refractivity contribution in [2.24, 2.45) is 0 Å². The minimum atomic E-state index is -0.994. The summed E-state index contributed by atoms with van der Waals surface area (Å²) >= 11 is 13.7. The number of rotatable bonds is 6. The predicted octanol–water partition coefficient (Wildman–Crippen LogP) is 4.75. The monoisotopic (exact) mass is 358 g/mol. The van der Waals surface area contributed by atoms with Crippen molar-refractivity contribution < 1.29 is 9.90 Å². The van der Waals surface area contributed by atoms with Crippen LogP contribution in [0.15, 0.2) is 23.4 Å². The second kappa shape index (κ2) is 7.40. The van der Waals surface area contributed by atoms with Crippen LogP contribution in [-0.4, -0.2) is 26.4 Å². The predicted molar refractivity (Wildman–Crippen MR) is 90.5 cm³/mol. The zero-order chi connectivity index (χ0) is 16.3. The van der Waals surface area contributed by atoms with Crippen molar-refractivity contribution in [3.63, 3.8) is 0 Å². The number of imidazole rings is 1. The SMILES string of the molecule is CCCSc1nc(C)c(C(=O)O)n1Cc1cc(Cl)ccc1Cl. The number of carboxylic acids is 1. The number of carboxylic acid groups (broad SMARTS) is 1. The summed E-state index contributed by atoms with van der Waals surface area (Å²) < 4.78 is 1.69. The Morgan fingerprint density at radius 3 is 2.77 bits per heavy atom. The molecule has 1 heterocycles. The molecule has 0 unspecified atom stereocenters. The van der Waals surface area contributed by atoms with E-state index in [0.717, 1.165) is 17.7 Å². The molecule has 0 bridgehead atoms. The standard InChI is InChI=1S/C15H16Cl2N2O2S/c1-3-6-22-15-18-9(2)13(14(20)21)19(15)8-10-7-11(16)4-5-12(10)17/h4-5,7H,3,6,8H2,1-2H3,(H,20,21). The smallest absolute Gasteiger partial charge is 0.354 e. The second-order valence-corrected chi connectivity index (χ2v) is 6.71. The summed E-state index contributed by atoms with van der Waals surface area (Å²) in [5.74, 6) is -0.120. The van der Waals surface area contributed by atoms with Crippen LogP contribution >= 0.6 is 35.0 Å². The van der Waals surface area contributed by atoms with Gasteiger partial charge in [0, 0.05) is 15.8 Å². The van der Waals surface area contributed by atoms with Gasteiger partial charge in [0.2, 0.25) is 0 Å². The number of aromatic carboxylic acids is 1. The first-order valence-corrected chi connectivity index (χ1v) is 8.55. The second-order valence-electron chi connectivity index (χ2n) is 4.80. The molecule has 0 fully saturated rings. The van der Waals surface area contributed by atoms with Gasteiger partial charge in [-0.3, -0.25) is 0 Å². The van der Waals surface area contributed by atoms with Gasteiger partial charge in [0.25, 0.3) is 0 Å². The number of benzene rings is 1. The molecule has 0 spiro atoms. The Hall–Kier alpha value is -1.17. The summed E-state index contributed by atoms with van der Waals surface area (Å²) in [6.45, 7) is 4.10. The number of nitrogens with zero attached hydrogens (tertiary/aromatic N) is 2. The first kappa shape index (κ1) is 17.2. The zero-order valence-electron chi connectivity index (χ0n) is 12.3. The molecule has 1 aromatic heterocycles. The largest absolute Gasteiger partial charge is 0.477 e. The van der Waals surface area contributed by atoms with E-state index in [2.05, 4.69) is 11.9 Å². The number of carbonyl (C=O) groups is 1. The van der Waals surface area contributed by atoms with Gasteiger partial charge in [0.1, 0.15) is 0 Å². The van der Waals surface area contributed by atoms with Crippen molar-refractivity contribution in [2.45, 2.75) is 32.0 Å². The highest BCUT2D eigenvalue weighted by molar-refractivity contribution is 7.99. The minimum absolute atomic E-state index is 0.189. The molecule has 0 radical (unpaired) electrons. The van der Waals surface area contributed by atoms with E-state index >= 15 is 0 Å². The number of aryl methyl sites for hydroxylation is 1. The summed E-state index contributed by atoms with van der Waals surface area (Å²) in [5.41, 5.74) is 1.46. The first-order chi connectivity index (χ1) is 10.4. The van der Waals surface area contributed by atoms with Crippen molar-refractivity contribution in [1.29, 1.82) is 0 Å². The molecule has 0 aliphatic heterocycles. The molecule has 0 saturated heterocycles. The maximum atomic E-state index is 11.5. The van der Waals surface area contributed by atoms with E-state index in [4.69, 9.17) is 23.2 Å². The fourth-order valence-electron chi connectivity index (χ4n) is 2.10. The molecule has 118 valence electrons. The Balaban J connectivity index is 2.47. The lowest BCUT2D eigenvalue weighted by Gasteiger charge is -2.11. The van der Waals surface area contributed by atoms with Gasteiger partial charge >= 0.3 is 5.97 Å². The van der Waals surface area contributed by atoms with Crippen LogP contribution in [-0.2, 0) is 6.54 Å². The van der Waals surface area contributed by atoms with Gasteiger partial charge in [-0.05, 0) is 37.1 Å². The molecule has 0 atom stereocenters. The van der Waals surface area contributed by atoms with Crippen LogP contribution in [0, 0.1) is 6.92 Å². The highest BCUT2D eigenvalue weighted by Gasteiger charge is 2.21. The number of hydrogen-bond donors (Lipinski definition) is 1. The lowest BCUT2D eigenvalue weighted by molar-refractivity contribution is 0.0684. The third kappa shape index (κ3) is 3.77. The summed E-state index contributed by atoms with van der Waals surface area (Å²) in [6, 6.07) is 5.17. The Kier molecular flexibility index (Phi) is 5.78. The van der Waals surface area contributed by atoms with E-state index in [9.17, 15) is 9.90 Å². The van der Waals surface area contributed by atoms with Gasteiger partial charge in [0.05, 0.1) is 12.2 Å². The highest BCUT2D eigenvalue weighted by atomic mass is 35.5. The number of aromatic nitrogens is 2. The van der Waals surface area contributed by atoms with Crippen molar-refractivity contribution in [2.75, 3.05) is 5.75 Å². The van der Waals surface area contributed by atoms with E-state index < -0.39 is 5.97 Å². The van der Waals surface area contributed by atoms with E-state index in [0.29, 0.717) is 27.4 Å². The number of thioether (sulfide) groups is 1. The van der Waals surface area contributed by atoms with Crippen molar-refractivity contribution in [1.82, 2.24) is 9.55 Å². The molecular formula is C15H16Cl2N2O2S. The van der Waals surface area contributed by atoms with Crippen molar-refractivity contribution in [3.05, 3.63) is 45.2 Å². The lowest BCUT2D eigenvalue weighted by Crippen LogP contribution is -2.12. The van der Waals surface area contributed by atoms with Crippen LogP contribution in [0.3, 0.4) is 0 Å². The summed E-state index contributed by atoms with van der Waals surface area (Å²) in [7, 11) is 0. The Morgan fingerprint density at radius 2 is 2.14 bits per heavy atom. The Morgan fingerprint density at radius 1 is 1.41 bits per heavy atom. The number of hydrogen-bond acceptors (Lipinski definition) is 3. The normalized spacial score (nSPS) is 10.9. The molecule has 2 rings (SSSR count). The van der Waals surface area contributed by atoms with Crippen LogP contribution in [0.5, 0.6) is 0 Å². The maximum Gasteiger partial charge on any atom is 0.354 e. The summed E-state index contributed by atoms with van der Waals surface area (Å²) in [4.78, 5) is 15.9. The van der Waals surface area contributed by atoms with Gasteiger partial charge in [-0.1, -0.05) is 41.9 Å². The molecule has 7 heteroatoms. The molecule has 0 aliphatic carbocycles. The van der Waals surface area contributed by atoms with Gasteiger partial charge in [-0.15, -0.1) is 0 Å². The molecule has 0 saturated carbocycles. The van der Waals surface area contributed by atoms with Crippen molar-refractivity contribution >= 4 is 40.9 Å². The lowest BCUT2D eigenvalue weighted by atomic mass is 10.2. The van der Waals surface area contributed by atoms with Gasteiger partial charge in [-0.2, -0.15) is 0 Å². The molecule has 1 aromatic carbocycles. The molecule has 2 aromatic rings. The van der Waals surface area contributed by atoms with Crippen LogP contribution < -0.4 is 0 Å². The Bertz CT molecular complexity index is 701. The summed E-state index contributed by atoms with van der Waals surface area (Å²) in [6.07, 6.45) is 0.983. The Labute approximate surface area is 143 Å². The third-order valence-electron chi connectivity index (χ3n) is 3.08. The van der Waals surface area contributed by atoms with E-state index in [-0.39, 0.29) is 5.69 Å². The van der Waals surface area contributed by atoms with Crippen LogP contribution in [0.4, 0.5) is 0 Å². The molecule has 22 heavy (non-hydrogen) atoms. The van der Waals surface area contributed by atoms with E-state index in [1.165, 1.54) is 0 Å². The maximum absolute atomic E-state index is 11.5. The molecule has 0 amide bonds.